The third-order valence-electron chi connectivity index (χ3n) is 2.90. The summed E-state index contributed by atoms with van der Waals surface area (Å²) < 4.78 is 7.44. The molecule has 2 aromatic heterocycles. The molecule has 0 atom stereocenters. The van der Waals surface area contributed by atoms with Gasteiger partial charge in [-0.3, -0.25) is 14.3 Å². The number of nitrogens with zero attached hydrogens (tertiary/aromatic N) is 3. The van der Waals surface area contributed by atoms with Crippen LogP contribution in [0.3, 0.4) is 0 Å². The third kappa shape index (κ3) is 3.48. The van der Waals surface area contributed by atoms with Gasteiger partial charge in [-0.25, -0.2) is 4.98 Å². The largest absolute Gasteiger partial charge is 0.361 e. The summed E-state index contributed by atoms with van der Waals surface area (Å²) in [6.45, 7) is 7.99. The molecule has 0 unspecified atom stereocenters. The molecule has 2 rings (SSSR count). The van der Waals surface area contributed by atoms with Crippen LogP contribution in [0.1, 0.15) is 10.6 Å². The molecular weight excluding hydrogens is 258 g/mol. The molecule has 0 spiro atoms. The highest BCUT2D eigenvalue weighted by atomic mass is 28.3. The van der Waals surface area contributed by atoms with Crippen LogP contribution in [0.15, 0.2) is 18.5 Å². The lowest BCUT2D eigenvalue weighted by molar-refractivity contribution is 0.0856. The number of pyridine rings is 1. The molecule has 19 heavy (non-hydrogen) atoms. The van der Waals surface area contributed by atoms with Crippen LogP contribution in [0.2, 0.25) is 25.7 Å². The van der Waals surface area contributed by atoms with E-state index in [1.54, 1.807) is 23.0 Å². The minimum Gasteiger partial charge on any atom is -0.361 e. The van der Waals surface area contributed by atoms with Crippen LogP contribution >= 0.6 is 0 Å². The molecule has 0 fully saturated rings. The van der Waals surface area contributed by atoms with Gasteiger partial charge in [-0.15, -0.1) is 0 Å². The Balaban J connectivity index is 2.09. The highest BCUT2D eigenvalue weighted by Crippen LogP contribution is 2.14. The van der Waals surface area contributed by atoms with E-state index in [2.05, 4.69) is 29.6 Å². The van der Waals surface area contributed by atoms with Crippen molar-refractivity contribution in [1.29, 1.82) is 0 Å². The summed E-state index contributed by atoms with van der Waals surface area (Å²) in [7, 11) is -1.09. The van der Waals surface area contributed by atoms with Gasteiger partial charge >= 0.3 is 0 Å². The molecular formula is C13H19N3O2Si. The number of rotatable bonds is 6. The fraction of sp³-hybridized carbons (Fsp3) is 0.462. The molecule has 0 saturated carbocycles. The molecule has 0 aliphatic heterocycles. The first-order chi connectivity index (χ1) is 9.01. The number of carbonyl (C=O) groups is 1. The standard InChI is InChI=1S/C13H19N3O2Si/c1-19(2,3)7-6-18-10-16-12-8-14-5-4-11(12)15-13(16)9-17/h4-5,8-9H,6-7,10H2,1-3H3. The van der Waals surface area contributed by atoms with E-state index in [4.69, 9.17) is 4.74 Å². The summed E-state index contributed by atoms with van der Waals surface area (Å²) in [6, 6.07) is 2.90. The Bertz CT molecular complexity index is 575. The molecule has 0 bridgehead atoms. The van der Waals surface area contributed by atoms with E-state index in [0.717, 1.165) is 23.4 Å². The molecule has 0 radical (unpaired) electrons. The van der Waals surface area contributed by atoms with Crippen LogP contribution in [-0.4, -0.2) is 35.5 Å². The Morgan fingerprint density at radius 3 is 2.89 bits per heavy atom. The molecule has 5 nitrogen and oxygen atoms in total. The van der Waals surface area contributed by atoms with Gasteiger partial charge in [0, 0.05) is 20.9 Å². The first kappa shape index (κ1) is 13.9. The molecule has 0 N–H and O–H groups in total. The molecule has 2 aromatic rings. The zero-order chi connectivity index (χ0) is 13.9. The van der Waals surface area contributed by atoms with Crippen LogP contribution in [0.4, 0.5) is 0 Å². The van der Waals surface area contributed by atoms with E-state index in [-0.39, 0.29) is 0 Å². The number of carbonyl (C=O) groups excluding carboxylic acids is 1. The quantitative estimate of drug-likeness (QED) is 0.462. The number of imidazole rings is 1. The fourth-order valence-corrected chi connectivity index (χ4v) is 2.51. The van der Waals surface area contributed by atoms with Gasteiger partial charge in [0.2, 0.25) is 0 Å². The topological polar surface area (TPSA) is 57.0 Å². The summed E-state index contributed by atoms with van der Waals surface area (Å²) in [5, 5.41) is 0. The molecule has 0 aliphatic rings. The van der Waals surface area contributed by atoms with Crippen molar-refractivity contribution in [1.82, 2.24) is 14.5 Å². The number of hydrogen-bond donors (Lipinski definition) is 0. The average molecular weight is 277 g/mol. The van der Waals surface area contributed by atoms with Crippen LogP contribution in [0.5, 0.6) is 0 Å². The SMILES string of the molecule is C[Si](C)(C)CCOCn1c(C=O)nc2ccncc21. The summed E-state index contributed by atoms with van der Waals surface area (Å²) in [5.74, 6) is 0.385. The lowest BCUT2D eigenvalue weighted by Gasteiger charge is -2.15. The predicted octanol–water partition coefficient (Wildman–Crippen LogP) is 2.56. The zero-order valence-corrected chi connectivity index (χ0v) is 12.6. The van der Waals surface area contributed by atoms with Crippen molar-refractivity contribution in [2.45, 2.75) is 32.4 Å². The molecule has 0 saturated heterocycles. The van der Waals surface area contributed by atoms with Crippen molar-refractivity contribution >= 4 is 25.4 Å². The second kappa shape index (κ2) is 5.62. The Hall–Kier alpha value is -1.53. The van der Waals surface area contributed by atoms with Gasteiger partial charge in [-0.1, -0.05) is 19.6 Å². The minimum atomic E-state index is -1.09. The van der Waals surface area contributed by atoms with Crippen molar-refractivity contribution in [3.63, 3.8) is 0 Å². The van der Waals surface area contributed by atoms with Crippen molar-refractivity contribution in [3.05, 3.63) is 24.3 Å². The number of aldehydes is 1. The van der Waals surface area contributed by atoms with Gasteiger partial charge in [-0.05, 0) is 12.1 Å². The van der Waals surface area contributed by atoms with Crippen LogP contribution < -0.4 is 0 Å². The smallest absolute Gasteiger partial charge is 0.185 e. The number of fused-ring (bicyclic) bond motifs is 1. The summed E-state index contributed by atoms with van der Waals surface area (Å²) in [4.78, 5) is 19.3. The van der Waals surface area contributed by atoms with Crippen molar-refractivity contribution in [3.8, 4) is 0 Å². The van der Waals surface area contributed by atoms with E-state index in [1.165, 1.54) is 0 Å². The summed E-state index contributed by atoms with van der Waals surface area (Å²) in [6.07, 6.45) is 4.12. The van der Waals surface area contributed by atoms with Gasteiger partial charge in [0.15, 0.2) is 12.1 Å². The van der Waals surface area contributed by atoms with Crippen LogP contribution in [-0.2, 0) is 11.5 Å². The Morgan fingerprint density at radius 2 is 2.21 bits per heavy atom. The van der Waals surface area contributed by atoms with E-state index in [1.807, 2.05) is 0 Å². The van der Waals surface area contributed by atoms with Crippen molar-refractivity contribution < 1.29 is 9.53 Å². The molecule has 0 amide bonds. The number of hydrogen-bond acceptors (Lipinski definition) is 4. The Morgan fingerprint density at radius 1 is 1.42 bits per heavy atom. The monoisotopic (exact) mass is 277 g/mol. The molecule has 0 aliphatic carbocycles. The maximum absolute atomic E-state index is 11.0. The van der Waals surface area contributed by atoms with E-state index < -0.39 is 8.07 Å². The normalized spacial score (nSPS) is 11.9. The molecule has 0 aromatic carbocycles. The number of ether oxygens (including phenoxy) is 1. The van der Waals surface area contributed by atoms with Gasteiger partial charge in [0.1, 0.15) is 6.73 Å². The molecule has 2 heterocycles. The predicted molar refractivity (Wildman–Crippen MR) is 77.0 cm³/mol. The Kier molecular flexibility index (Phi) is 4.11. The van der Waals surface area contributed by atoms with Crippen LogP contribution in [0, 0.1) is 0 Å². The summed E-state index contributed by atoms with van der Waals surface area (Å²) >= 11 is 0. The maximum Gasteiger partial charge on any atom is 0.185 e. The van der Waals surface area contributed by atoms with Gasteiger partial charge < -0.3 is 4.74 Å². The minimum absolute atomic E-state index is 0.348. The fourth-order valence-electron chi connectivity index (χ4n) is 1.75. The van der Waals surface area contributed by atoms with Crippen molar-refractivity contribution in [2.24, 2.45) is 0 Å². The maximum atomic E-state index is 11.0. The van der Waals surface area contributed by atoms with Gasteiger partial charge in [-0.2, -0.15) is 0 Å². The highest BCUT2D eigenvalue weighted by Gasteiger charge is 2.13. The van der Waals surface area contributed by atoms with Crippen molar-refractivity contribution in [2.75, 3.05) is 6.61 Å². The van der Waals surface area contributed by atoms with Gasteiger partial charge in [0.05, 0.1) is 17.2 Å². The first-order valence-electron chi connectivity index (χ1n) is 6.34. The van der Waals surface area contributed by atoms with E-state index in [0.29, 0.717) is 19.2 Å². The van der Waals surface area contributed by atoms with E-state index in [9.17, 15) is 4.79 Å². The second-order valence-corrected chi connectivity index (χ2v) is 11.3. The zero-order valence-electron chi connectivity index (χ0n) is 11.6. The highest BCUT2D eigenvalue weighted by molar-refractivity contribution is 6.76. The lowest BCUT2D eigenvalue weighted by Crippen LogP contribution is -2.22. The molecule has 102 valence electrons. The summed E-state index contributed by atoms with van der Waals surface area (Å²) in [5.41, 5.74) is 1.60. The lowest BCUT2D eigenvalue weighted by atomic mass is 10.4. The third-order valence-corrected chi connectivity index (χ3v) is 4.61. The Labute approximate surface area is 113 Å². The number of aromatic nitrogens is 3. The molecule has 6 heteroatoms. The first-order valence-corrected chi connectivity index (χ1v) is 10.1. The second-order valence-electron chi connectivity index (χ2n) is 5.73. The average Bonchev–Trinajstić information content (AvgIpc) is 2.71. The van der Waals surface area contributed by atoms with Gasteiger partial charge in [0.25, 0.3) is 0 Å². The van der Waals surface area contributed by atoms with Crippen LogP contribution in [0.25, 0.3) is 11.0 Å². The van der Waals surface area contributed by atoms with E-state index >= 15 is 0 Å².